The Morgan fingerprint density at radius 2 is 0.514 bits per heavy atom. The molecule has 18 rings (SSSR count). The van der Waals surface area contributed by atoms with Crippen LogP contribution < -0.4 is 9.80 Å². The Morgan fingerprint density at radius 1 is 0.243 bits per heavy atom. The highest BCUT2D eigenvalue weighted by Crippen LogP contribution is 2.67. The molecule has 2 atom stereocenters. The number of anilines is 6. The number of hydrogen-bond acceptors (Lipinski definition) is 2. The van der Waals surface area contributed by atoms with Crippen LogP contribution in [0.3, 0.4) is 0 Å². The number of benzene rings is 14. The lowest BCUT2D eigenvalue weighted by molar-refractivity contribution is 0.363. The topological polar surface area (TPSA) is 6.48 Å². The summed E-state index contributed by atoms with van der Waals surface area (Å²) in [6, 6.07) is 83.6. The molecule has 12 heteroatoms. The first-order valence-electron chi connectivity index (χ1n) is 36.7. The molecule has 0 heterocycles. The zero-order valence-corrected chi connectivity index (χ0v) is 61.1. The fourth-order valence-electron chi connectivity index (χ4n) is 18.3. The number of hydrogen-bond donors (Lipinski definition) is 0. The third-order valence-corrected chi connectivity index (χ3v) is 23.4. The minimum absolute atomic E-state index is 0.241. The molecule has 0 N–H and O–H groups in total. The molecular weight excluding hydrogens is 1410 g/mol. The van der Waals surface area contributed by atoms with E-state index in [0.717, 1.165) is 55.6 Å². The van der Waals surface area contributed by atoms with Crippen LogP contribution in [0.15, 0.2) is 280 Å². The van der Waals surface area contributed by atoms with Crippen LogP contribution in [0.25, 0.3) is 56.7 Å². The highest BCUT2D eigenvalue weighted by atomic mass is 19.2. The molecule has 0 saturated carbocycles. The Balaban J connectivity index is 0.898. The summed E-state index contributed by atoms with van der Waals surface area (Å²) in [4.78, 5) is 4.09. The van der Waals surface area contributed by atoms with Gasteiger partial charge >= 0.3 is 0 Å². The van der Waals surface area contributed by atoms with Crippen LogP contribution in [0.1, 0.15) is 131 Å². The smallest absolute Gasteiger partial charge is 0.200 e. The predicted molar refractivity (Wildman–Crippen MR) is 424 cm³/mol. The van der Waals surface area contributed by atoms with Crippen molar-refractivity contribution in [2.24, 2.45) is 0 Å². The standard InChI is InChI=1S/C99H68F10N2/c1-9-55-29-33-57(34-30-55)97(83-85(100)89(104)93(108)90(105)86(83)101)75-27-19-17-25-67(75)69-43-39-63(51-79(69)97)110(61-21-13-11-14-22-61)65-41-45-71-72-46-42-66(54-82(72)99(81(71)53-65)77-47-37-59(95(3,4)5)49-73(77)74-50-60(96(6,7)8)38-48-78(74)99)111(62-23-15-12-16-24-62)64-40-44-70-68-26-18-20-28-76(68)98(80(70)52-64,58-35-31-56(10-2)32-36-58)84-87(102)91(106)94(109)92(107)88(84)103/h9-54H,1-2H2,3-8H3. The van der Waals surface area contributed by atoms with Crippen molar-refractivity contribution < 1.29 is 43.9 Å². The third kappa shape index (κ3) is 9.90. The average Bonchev–Trinajstić information content (AvgIpc) is 1.51. The maximum absolute atomic E-state index is 17.4. The van der Waals surface area contributed by atoms with Gasteiger partial charge in [-0.05, 0) is 206 Å². The maximum atomic E-state index is 17.4. The molecule has 4 aliphatic carbocycles. The zero-order valence-electron chi connectivity index (χ0n) is 61.1. The van der Waals surface area contributed by atoms with Gasteiger partial charge in [-0.3, -0.25) is 0 Å². The van der Waals surface area contributed by atoms with Gasteiger partial charge < -0.3 is 9.80 Å². The molecule has 0 fully saturated rings. The predicted octanol–water partition coefficient (Wildman–Crippen LogP) is 27.0. The van der Waals surface area contributed by atoms with Crippen LogP contribution in [0.2, 0.25) is 0 Å². The van der Waals surface area contributed by atoms with Gasteiger partial charge in [0.2, 0.25) is 11.6 Å². The van der Waals surface area contributed by atoms with Crippen molar-refractivity contribution in [1.29, 1.82) is 0 Å². The summed E-state index contributed by atoms with van der Waals surface area (Å²) in [6.07, 6.45) is 3.20. The number of nitrogens with zero attached hydrogens (tertiary/aromatic N) is 2. The highest BCUT2D eigenvalue weighted by Gasteiger charge is 2.56. The molecule has 1 spiro atoms. The molecule has 111 heavy (non-hydrogen) atoms. The Hall–Kier alpha value is -12.5. The second-order valence-corrected chi connectivity index (χ2v) is 31.2. The molecule has 544 valence electrons. The molecule has 0 saturated heterocycles. The summed E-state index contributed by atoms with van der Waals surface area (Å²) < 4.78 is 165. The molecular formula is C99H68F10N2. The Kier molecular flexibility index (Phi) is 16.0. The van der Waals surface area contributed by atoms with Crippen molar-refractivity contribution in [2.45, 2.75) is 68.6 Å². The van der Waals surface area contributed by atoms with Gasteiger partial charge in [0.25, 0.3) is 0 Å². The van der Waals surface area contributed by atoms with Crippen LogP contribution in [0.5, 0.6) is 0 Å². The van der Waals surface area contributed by atoms with Crippen molar-refractivity contribution in [3.05, 3.63) is 427 Å². The molecule has 14 aromatic rings. The van der Waals surface area contributed by atoms with E-state index < -0.39 is 85.5 Å². The van der Waals surface area contributed by atoms with Crippen molar-refractivity contribution in [2.75, 3.05) is 9.80 Å². The third-order valence-electron chi connectivity index (χ3n) is 23.4. The maximum Gasteiger partial charge on any atom is 0.200 e. The molecule has 2 unspecified atom stereocenters. The minimum Gasteiger partial charge on any atom is -0.310 e. The van der Waals surface area contributed by atoms with Gasteiger partial charge in [-0.1, -0.05) is 261 Å². The Bertz CT molecular complexity index is 5850. The van der Waals surface area contributed by atoms with E-state index in [0.29, 0.717) is 78.6 Å². The van der Waals surface area contributed by atoms with E-state index in [1.165, 1.54) is 0 Å². The molecule has 0 aliphatic heterocycles. The second-order valence-electron chi connectivity index (χ2n) is 31.2. The number of fused-ring (bicyclic) bond motifs is 16. The van der Waals surface area contributed by atoms with Crippen LogP contribution in [-0.4, -0.2) is 0 Å². The molecule has 14 aromatic carbocycles. The van der Waals surface area contributed by atoms with E-state index in [-0.39, 0.29) is 33.1 Å². The molecule has 0 aromatic heterocycles. The molecule has 0 amide bonds. The van der Waals surface area contributed by atoms with Crippen LogP contribution >= 0.6 is 0 Å². The van der Waals surface area contributed by atoms with E-state index in [1.54, 1.807) is 121 Å². The van der Waals surface area contributed by atoms with Gasteiger partial charge in [0.15, 0.2) is 46.5 Å². The SMILES string of the molecule is C=Cc1ccc(C2(c3c(F)c(F)c(F)c(F)c3F)c3ccccc3-c3ccc(N(c4ccccc4)c4ccc5c(c4)C4(c6ccc(C(C)(C)C)cc6-c6cc(C(C)(C)C)ccc64)c4cc(N(c6ccccc6)c6ccc7c(c6)C(c6ccc(C=C)cc6)(c6c(F)c(F)c(F)c(F)c6F)c6ccccc6-7)ccc4-5)cc32)cc1. The summed E-state index contributed by atoms with van der Waals surface area (Å²) in [5.74, 6) is -20.7. The quantitative estimate of drug-likeness (QED) is 0.0683. The summed E-state index contributed by atoms with van der Waals surface area (Å²) in [5, 5.41) is 0. The van der Waals surface area contributed by atoms with Crippen molar-refractivity contribution >= 4 is 46.3 Å². The van der Waals surface area contributed by atoms with E-state index in [1.807, 2.05) is 107 Å². The fraction of sp³-hybridized carbons (Fsp3) is 0.111. The number of para-hydroxylation sites is 2. The lowest BCUT2D eigenvalue weighted by Gasteiger charge is -2.36. The van der Waals surface area contributed by atoms with Gasteiger partial charge in [-0.2, -0.15) is 0 Å². The summed E-state index contributed by atoms with van der Waals surface area (Å²) >= 11 is 0. The van der Waals surface area contributed by atoms with Crippen molar-refractivity contribution in [1.82, 2.24) is 0 Å². The zero-order chi connectivity index (χ0) is 77.3. The van der Waals surface area contributed by atoms with Crippen molar-refractivity contribution in [3.8, 4) is 44.5 Å². The monoisotopic (exact) mass is 1470 g/mol. The largest absolute Gasteiger partial charge is 0.310 e. The van der Waals surface area contributed by atoms with Gasteiger partial charge in [0.1, 0.15) is 0 Å². The van der Waals surface area contributed by atoms with E-state index in [2.05, 4.69) is 115 Å². The van der Waals surface area contributed by atoms with E-state index in [4.69, 9.17) is 0 Å². The summed E-state index contributed by atoms with van der Waals surface area (Å²) in [5.41, 5.74) is 10.3. The lowest BCUT2D eigenvalue weighted by atomic mass is 9.67. The Morgan fingerprint density at radius 3 is 0.820 bits per heavy atom. The van der Waals surface area contributed by atoms with Gasteiger partial charge in [-0.15, -0.1) is 0 Å². The molecule has 2 nitrogen and oxygen atoms in total. The molecule has 4 aliphatic rings. The van der Waals surface area contributed by atoms with Gasteiger partial charge in [0.05, 0.1) is 16.2 Å². The Labute approximate surface area is 636 Å². The fourth-order valence-corrected chi connectivity index (χ4v) is 18.3. The van der Waals surface area contributed by atoms with Gasteiger partial charge in [-0.25, -0.2) is 43.9 Å². The lowest BCUT2D eigenvalue weighted by Crippen LogP contribution is -2.33. The highest BCUT2D eigenvalue weighted by molar-refractivity contribution is 5.99. The first kappa shape index (κ1) is 70.2. The van der Waals surface area contributed by atoms with Crippen molar-refractivity contribution in [3.63, 3.8) is 0 Å². The molecule has 0 radical (unpaired) electrons. The van der Waals surface area contributed by atoms with Crippen LogP contribution in [-0.2, 0) is 27.1 Å². The normalized spacial score (nSPS) is 15.8. The number of halogens is 10. The van der Waals surface area contributed by atoms with Crippen LogP contribution in [0.4, 0.5) is 78.0 Å². The number of rotatable bonds is 12. The summed E-state index contributed by atoms with van der Waals surface area (Å²) in [7, 11) is 0. The van der Waals surface area contributed by atoms with E-state index >= 15 is 43.9 Å². The minimum atomic E-state index is -2.28. The van der Waals surface area contributed by atoms with Crippen LogP contribution in [0, 0.1) is 58.2 Å². The molecule has 0 bridgehead atoms. The summed E-state index contributed by atoms with van der Waals surface area (Å²) in [6.45, 7) is 21.0. The first-order chi connectivity index (χ1) is 53.4. The first-order valence-corrected chi connectivity index (χ1v) is 36.7. The van der Waals surface area contributed by atoms with E-state index in [9.17, 15) is 0 Å². The average molecular weight is 1480 g/mol. The van der Waals surface area contributed by atoms with Gasteiger partial charge in [0, 0.05) is 45.3 Å². The second kappa shape index (κ2) is 25.3.